The van der Waals surface area contributed by atoms with Crippen molar-refractivity contribution < 1.29 is 9.90 Å². The molecule has 8 heteroatoms. The summed E-state index contributed by atoms with van der Waals surface area (Å²) in [4.78, 5) is 21.5. The number of rotatable bonds is 7. The molecule has 2 aromatic rings. The molecule has 1 amide bonds. The first-order valence-corrected chi connectivity index (χ1v) is 12.2. The summed E-state index contributed by atoms with van der Waals surface area (Å²) < 4.78 is 0. The Morgan fingerprint density at radius 3 is 2.48 bits per heavy atom. The third-order valence-corrected chi connectivity index (χ3v) is 6.89. The van der Waals surface area contributed by atoms with Gasteiger partial charge in [-0.1, -0.05) is 13.0 Å². The number of aromatic nitrogens is 2. The number of carbonyl (C=O) groups is 1. The molecule has 0 bridgehead atoms. The van der Waals surface area contributed by atoms with Crippen LogP contribution in [0.2, 0.25) is 0 Å². The molecule has 0 atom stereocenters. The second-order valence-corrected chi connectivity index (χ2v) is 9.30. The quantitative estimate of drug-likeness (QED) is 0.436. The van der Waals surface area contributed by atoms with E-state index in [0.717, 1.165) is 63.0 Å². The molecule has 0 spiro atoms. The first-order valence-electron chi connectivity index (χ1n) is 12.2. The number of aliphatic hydroxyl groups excluding tert-OH is 1. The number of hydrogen-bond acceptors (Lipinski definition) is 7. The summed E-state index contributed by atoms with van der Waals surface area (Å²) in [5, 5.41) is 20.0. The fraction of sp³-hybridized carbons (Fsp3) is 0.560. The second kappa shape index (κ2) is 10.5. The van der Waals surface area contributed by atoms with E-state index in [2.05, 4.69) is 40.0 Å². The lowest BCUT2D eigenvalue weighted by atomic mass is 9.87. The number of anilines is 3. The fourth-order valence-corrected chi connectivity index (χ4v) is 4.99. The molecular weight excluding hydrogens is 416 g/mol. The Balaban J connectivity index is 1.59. The Hall–Kier alpha value is -2.71. The highest BCUT2D eigenvalue weighted by atomic mass is 16.3. The number of aliphatic hydroxyl groups is 1. The van der Waals surface area contributed by atoms with Crippen molar-refractivity contribution in [3.8, 4) is 0 Å². The summed E-state index contributed by atoms with van der Waals surface area (Å²) in [5.41, 5.74) is 9.99. The molecule has 1 aromatic carbocycles. The molecule has 2 aliphatic rings. The summed E-state index contributed by atoms with van der Waals surface area (Å²) in [6.45, 7) is 6.23. The molecule has 2 heterocycles. The van der Waals surface area contributed by atoms with Gasteiger partial charge in [-0.25, -0.2) is 9.97 Å². The van der Waals surface area contributed by atoms with E-state index in [0.29, 0.717) is 24.0 Å². The number of aryl methyl sites for hydroxylation is 2. The van der Waals surface area contributed by atoms with Crippen LogP contribution in [0.3, 0.4) is 0 Å². The average Bonchev–Trinajstić information content (AvgIpc) is 2.81. The number of primary amides is 1. The zero-order valence-corrected chi connectivity index (χ0v) is 19.7. The summed E-state index contributed by atoms with van der Waals surface area (Å²) in [6.07, 6.45) is 6.03. The maximum absolute atomic E-state index is 12.2. The zero-order valence-electron chi connectivity index (χ0n) is 19.7. The van der Waals surface area contributed by atoms with Crippen LogP contribution in [0.5, 0.6) is 0 Å². The van der Waals surface area contributed by atoms with Crippen molar-refractivity contribution in [2.45, 2.75) is 76.9 Å². The number of hydrogen-bond donors (Lipinski definition) is 5. The lowest BCUT2D eigenvalue weighted by molar-refractivity contribution is 0.0996. The van der Waals surface area contributed by atoms with Gasteiger partial charge in [0.15, 0.2) is 11.5 Å². The maximum Gasteiger partial charge on any atom is 0.271 e. The van der Waals surface area contributed by atoms with Gasteiger partial charge in [-0.3, -0.25) is 4.79 Å². The highest BCUT2D eigenvalue weighted by molar-refractivity contribution is 5.96. The lowest BCUT2D eigenvalue weighted by Crippen LogP contribution is -2.29. The number of nitrogens with one attached hydrogen (secondary N) is 3. The Morgan fingerprint density at radius 1 is 1.12 bits per heavy atom. The molecule has 8 nitrogen and oxygen atoms in total. The standard InChI is InChI=1S/C25H36N6O2/c1-3-21-24(28-17-4-7-19(32)8-5-17)31-25(22(30-21)23(26)33)29-18-6-9-20(15(2)14-18)16-10-12-27-13-11-16/h6,9,14,16-17,19,27,32H,3-5,7-8,10-13H2,1-2H3,(H2,26,33)(H2,28,29,31)/t17-,19-. The van der Waals surface area contributed by atoms with Crippen LogP contribution in [0, 0.1) is 6.92 Å². The van der Waals surface area contributed by atoms with Crippen LogP contribution in [0.1, 0.15) is 78.7 Å². The number of amides is 1. The minimum absolute atomic E-state index is 0.150. The van der Waals surface area contributed by atoms with Crippen molar-refractivity contribution in [1.29, 1.82) is 0 Å². The predicted molar refractivity (Wildman–Crippen MR) is 131 cm³/mol. The molecule has 1 saturated heterocycles. The number of benzene rings is 1. The first kappa shape index (κ1) is 23.4. The number of nitrogens with zero attached hydrogens (tertiary/aromatic N) is 2. The smallest absolute Gasteiger partial charge is 0.271 e. The highest BCUT2D eigenvalue weighted by Gasteiger charge is 2.23. The van der Waals surface area contributed by atoms with E-state index in [1.165, 1.54) is 11.1 Å². The van der Waals surface area contributed by atoms with Gasteiger partial charge in [0.2, 0.25) is 0 Å². The molecule has 4 rings (SSSR count). The van der Waals surface area contributed by atoms with Gasteiger partial charge in [-0.15, -0.1) is 0 Å². The van der Waals surface area contributed by atoms with Gasteiger partial charge in [0.1, 0.15) is 5.82 Å². The van der Waals surface area contributed by atoms with Crippen molar-refractivity contribution in [3.05, 3.63) is 40.7 Å². The molecular formula is C25H36N6O2. The van der Waals surface area contributed by atoms with Crippen LogP contribution < -0.4 is 21.7 Å². The van der Waals surface area contributed by atoms with E-state index >= 15 is 0 Å². The second-order valence-electron chi connectivity index (χ2n) is 9.30. The Morgan fingerprint density at radius 2 is 1.85 bits per heavy atom. The van der Waals surface area contributed by atoms with E-state index in [1.54, 1.807) is 0 Å². The summed E-state index contributed by atoms with van der Waals surface area (Å²) >= 11 is 0. The van der Waals surface area contributed by atoms with Crippen molar-refractivity contribution in [2.75, 3.05) is 23.7 Å². The van der Waals surface area contributed by atoms with Crippen molar-refractivity contribution in [2.24, 2.45) is 5.73 Å². The number of carbonyl (C=O) groups excluding carboxylic acids is 1. The van der Waals surface area contributed by atoms with Gasteiger partial charge < -0.3 is 26.8 Å². The number of nitrogens with two attached hydrogens (primary N) is 1. The maximum atomic E-state index is 12.2. The van der Waals surface area contributed by atoms with Crippen LogP contribution in [-0.2, 0) is 6.42 Å². The minimum atomic E-state index is -0.602. The van der Waals surface area contributed by atoms with Crippen molar-refractivity contribution in [3.63, 3.8) is 0 Å². The molecule has 0 unspecified atom stereocenters. The van der Waals surface area contributed by atoms with E-state index in [4.69, 9.17) is 10.7 Å². The molecule has 178 valence electrons. The van der Waals surface area contributed by atoms with Crippen LogP contribution in [0.25, 0.3) is 0 Å². The number of piperidine rings is 1. The largest absolute Gasteiger partial charge is 0.393 e. The van der Waals surface area contributed by atoms with Gasteiger partial charge in [0.05, 0.1) is 11.8 Å². The van der Waals surface area contributed by atoms with E-state index in [-0.39, 0.29) is 17.8 Å². The topological polar surface area (TPSA) is 125 Å². The van der Waals surface area contributed by atoms with E-state index in [9.17, 15) is 9.90 Å². The summed E-state index contributed by atoms with van der Waals surface area (Å²) in [7, 11) is 0. The monoisotopic (exact) mass is 452 g/mol. The summed E-state index contributed by atoms with van der Waals surface area (Å²) in [5.74, 6) is 1.02. The molecule has 1 saturated carbocycles. The molecule has 1 aromatic heterocycles. The fourth-order valence-electron chi connectivity index (χ4n) is 4.99. The molecule has 33 heavy (non-hydrogen) atoms. The normalized spacial score (nSPS) is 21.5. The van der Waals surface area contributed by atoms with Gasteiger partial charge in [0.25, 0.3) is 5.91 Å². The minimum Gasteiger partial charge on any atom is -0.393 e. The Bertz CT molecular complexity index is 981. The Labute approximate surface area is 195 Å². The zero-order chi connectivity index (χ0) is 23.4. The highest BCUT2D eigenvalue weighted by Crippen LogP contribution is 2.31. The third kappa shape index (κ3) is 5.62. The van der Waals surface area contributed by atoms with Gasteiger partial charge in [-0.05, 0) is 94.1 Å². The molecule has 1 aliphatic heterocycles. The average molecular weight is 453 g/mol. The van der Waals surface area contributed by atoms with E-state index in [1.807, 2.05) is 13.0 Å². The van der Waals surface area contributed by atoms with Gasteiger partial charge >= 0.3 is 0 Å². The van der Waals surface area contributed by atoms with Crippen LogP contribution in [0.4, 0.5) is 17.3 Å². The SMILES string of the molecule is CCc1nc(C(N)=O)c(Nc2ccc(C3CCNCC3)c(C)c2)nc1N[C@H]1CC[C@H](O)CC1. The first-order chi connectivity index (χ1) is 15.9. The molecule has 6 N–H and O–H groups in total. The third-order valence-electron chi connectivity index (χ3n) is 6.89. The predicted octanol–water partition coefficient (Wildman–Crippen LogP) is 3.37. The van der Waals surface area contributed by atoms with Crippen LogP contribution in [-0.4, -0.2) is 46.2 Å². The molecule has 1 aliphatic carbocycles. The summed E-state index contributed by atoms with van der Waals surface area (Å²) in [6, 6.07) is 6.55. The lowest BCUT2D eigenvalue weighted by Gasteiger charge is -2.27. The van der Waals surface area contributed by atoms with Gasteiger partial charge in [-0.2, -0.15) is 0 Å². The van der Waals surface area contributed by atoms with Gasteiger partial charge in [0, 0.05) is 11.7 Å². The van der Waals surface area contributed by atoms with Crippen molar-refractivity contribution in [1.82, 2.24) is 15.3 Å². The van der Waals surface area contributed by atoms with Crippen LogP contribution in [0.15, 0.2) is 18.2 Å². The van der Waals surface area contributed by atoms with Crippen LogP contribution >= 0.6 is 0 Å². The molecule has 2 fully saturated rings. The Kier molecular flexibility index (Phi) is 7.45. The van der Waals surface area contributed by atoms with Crippen molar-refractivity contribution >= 4 is 23.2 Å². The van der Waals surface area contributed by atoms with E-state index < -0.39 is 5.91 Å². The molecule has 0 radical (unpaired) electrons.